The molecule has 88 valence electrons. The highest BCUT2D eigenvalue weighted by atomic mass is 16.5. The molecule has 0 aliphatic carbocycles. The summed E-state index contributed by atoms with van der Waals surface area (Å²) in [6.07, 6.45) is -0.0389. The topological polar surface area (TPSA) is 48.1 Å². The summed E-state index contributed by atoms with van der Waals surface area (Å²) >= 11 is 0. The minimum atomic E-state index is -0.0389. The van der Waals surface area contributed by atoms with Crippen molar-refractivity contribution in [2.45, 2.75) is 20.0 Å². The van der Waals surface area contributed by atoms with E-state index in [9.17, 15) is 0 Å². The first kappa shape index (κ1) is 11.5. The van der Waals surface area contributed by atoms with Gasteiger partial charge in [-0.2, -0.15) is 0 Å². The van der Waals surface area contributed by atoms with Gasteiger partial charge in [0.25, 0.3) is 0 Å². The third-order valence-corrected chi connectivity index (χ3v) is 2.60. The van der Waals surface area contributed by atoms with Gasteiger partial charge in [-0.3, -0.25) is 0 Å². The van der Waals surface area contributed by atoms with E-state index in [1.807, 2.05) is 56.3 Å². The fraction of sp³-hybridized carbons (Fsp3) is 0.214. The maximum absolute atomic E-state index is 5.81. The van der Waals surface area contributed by atoms with Crippen LogP contribution < -0.4 is 10.5 Å². The molecule has 1 unspecified atom stereocenters. The summed E-state index contributed by atoms with van der Waals surface area (Å²) in [5, 5.41) is 0. The molecule has 3 heteroatoms. The van der Waals surface area contributed by atoms with E-state index in [1.165, 1.54) is 0 Å². The molecule has 0 bridgehead atoms. The van der Waals surface area contributed by atoms with Gasteiger partial charge in [0.05, 0.1) is 0 Å². The highest BCUT2D eigenvalue weighted by molar-refractivity contribution is 5.46. The van der Waals surface area contributed by atoms with Crippen molar-refractivity contribution in [2.24, 2.45) is 0 Å². The molecule has 0 fully saturated rings. The summed E-state index contributed by atoms with van der Waals surface area (Å²) < 4.78 is 5.80. The van der Waals surface area contributed by atoms with Crippen LogP contribution in [0, 0.1) is 6.92 Å². The molecule has 1 heterocycles. The predicted octanol–water partition coefficient (Wildman–Crippen LogP) is 3.11. The Kier molecular flexibility index (Phi) is 3.28. The molecule has 2 rings (SSSR count). The minimum Gasteiger partial charge on any atom is -0.482 e. The Morgan fingerprint density at radius 2 is 1.82 bits per heavy atom. The number of benzene rings is 1. The number of nitrogens with zero attached hydrogens (tertiary/aromatic N) is 1. The van der Waals surface area contributed by atoms with Gasteiger partial charge in [0.15, 0.2) is 11.6 Å². The lowest BCUT2D eigenvalue weighted by molar-refractivity contribution is 0.227. The molecule has 0 spiro atoms. The molecule has 0 amide bonds. The van der Waals surface area contributed by atoms with Crippen LogP contribution in [-0.2, 0) is 0 Å². The molecule has 0 aliphatic rings. The zero-order valence-corrected chi connectivity index (χ0v) is 10.1. The lowest BCUT2D eigenvalue weighted by atomic mass is 10.1. The van der Waals surface area contributed by atoms with Crippen LogP contribution in [0.2, 0.25) is 0 Å². The summed E-state index contributed by atoms with van der Waals surface area (Å²) in [5.74, 6) is 1.07. The molecule has 0 saturated carbocycles. The second kappa shape index (κ2) is 4.87. The van der Waals surface area contributed by atoms with Gasteiger partial charge in [-0.1, -0.05) is 30.3 Å². The molecule has 3 nitrogen and oxygen atoms in total. The summed E-state index contributed by atoms with van der Waals surface area (Å²) in [6, 6.07) is 13.8. The summed E-state index contributed by atoms with van der Waals surface area (Å²) in [5.41, 5.74) is 7.82. The average molecular weight is 228 g/mol. The molecule has 0 saturated heterocycles. The Morgan fingerprint density at radius 3 is 2.47 bits per heavy atom. The third kappa shape index (κ3) is 2.75. The van der Waals surface area contributed by atoms with Crippen LogP contribution in [0.4, 0.5) is 5.82 Å². The van der Waals surface area contributed by atoms with Crippen molar-refractivity contribution in [2.75, 3.05) is 5.73 Å². The van der Waals surface area contributed by atoms with Gasteiger partial charge < -0.3 is 10.5 Å². The first-order valence-electron chi connectivity index (χ1n) is 5.61. The number of hydrogen-bond acceptors (Lipinski definition) is 3. The van der Waals surface area contributed by atoms with Crippen molar-refractivity contribution in [3.8, 4) is 5.75 Å². The molecule has 17 heavy (non-hydrogen) atoms. The van der Waals surface area contributed by atoms with Crippen LogP contribution in [-0.4, -0.2) is 4.98 Å². The fourth-order valence-electron chi connectivity index (χ4n) is 1.65. The number of anilines is 1. The fourth-order valence-corrected chi connectivity index (χ4v) is 1.65. The van der Waals surface area contributed by atoms with Gasteiger partial charge in [-0.05, 0) is 31.5 Å². The van der Waals surface area contributed by atoms with Gasteiger partial charge in [0.2, 0.25) is 0 Å². The molecule has 0 aliphatic heterocycles. The van der Waals surface area contributed by atoms with Crippen LogP contribution in [0.3, 0.4) is 0 Å². The molecular weight excluding hydrogens is 212 g/mol. The summed E-state index contributed by atoms with van der Waals surface area (Å²) in [7, 11) is 0. The summed E-state index contributed by atoms with van der Waals surface area (Å²) in [4.78, 5) is 4.17. The van der Waals surface area contributed by atoms with E-state index < -0.39 is 0 Å². The highest BCUT2D eigenvalue weighted by Crippen LogP contribution is 2.25. The number of aromatic nitrogens is 1. The Morgan fingerprint density at radius 1 is 1.12 bits per heavy atom. The smallest absolute Gasteiger partial charge is 0.166 e. The predicted molar refractivity (Wildman–Crippen MR) is 68.9 cm³/mol. The van der Waals surface area contributed by atoms with Crippen LogP contribution in [0.5, 0.6) is 5.75 Å². The molecule has 1 aromatic carbocycles. The number of nitrogen functional groups attached to an aromatic ring is 1. The van der Waals surface area contributed by atoms with Crippen LogP contribution in [0.15, 0.2) is 42.5 Å². The van der Waals surface area contributed by atoms with Gasteiger partial charge in [-0.15, -0.1) is 0 Å². The highest BCUT2D eigenvalue weighted by Gasteiger charge is 2.09. The Labute approximate surface area is 101 Å². The number of rotatable bonds is 3. The van der Waals surface area contributed by atoms with Gasteiger partial charge in [-0.25, -0.2) is 4.98 Å². The molecular formula is C14H16N2O. The second-order valence-electron chi connectivity index (χ2n) is 4.01. The quantitative estimate of drug-likeness (QED) is 0.878. The van der Waals surface area contributed by atoms with Crippen LogP contribution >= 0.6 is 0 Å². The van der Waals surface area contributed by atoms with Crippen molar-refractivity contribution in [3.63, 3.8) is 0 Å². The van der Waals surface area contributed by atoms with Gasteiger partial charge in [0.1, 0.15) is 6.10 Å². The first-order valence-corrected chi connectivity index (χ1v) is 5.61. The van der Waals surface area contributed by atoms with E-state index in [0.29, 0.717) is 11.6 Å². The number of nitrogens with two attached hydrogens (primary N) is 1. The van der Waals surface area contributed by atoms with E-state index in [0.717, 1.165) is 11.3 Å². The lowest BCUT2D eigenvalue weighted by Crippen LogP contribution is -2.06. The standard InChI is InChI=1S/C14H16N2O/c1-10-8-9-13(14(15)16-10)17-11(2)12-6-4-3-5-7-12/h3-9,11H,1-2H3,(H2,15,16). The first-order chi connectivity index (χ1) is 8.16. The Bertz CT molecular complexity index is 497. The van der Waals surface area contributed by atoms with Crippen LogP contribution in [0.25, 0.3) is 0 Å². The van der Waals surface area contributed by atoms with E-state index in [4.69, 9.17) is 10.5 Å². The van der Waals surface area contributed by atoms with Crippen molar-refractivity contribution in [1.82, 2.24) is 4.98 Å². The minimum absolute atomic E-state index is 0.0389. The zero-order valence-electron chi connectivity index (χ0n) is 10.1. The maximum Gasteiger partial charge on any atom is 0.166 e. The van der Waals surface area contributed by atoms with E-state index in [-0.39, 0.29) is 6.10 Å². The lowest BCUT2D eigenvalue weighted by Gasteiger charge is -2.16. The molecule has 2 N–H and O–H groups in total. The van der Waals surface area contributed by atoms with Gasteiger partial charge >= 0.3 is 0 Å². The van der Waals surface area contributed by atoms with Crippen molar-refractivity contribution in [1.29, 1.82) is 0 Å². The summed E-state index contributed by atoms with van der Waals surface area (Å²) in [6.45, 7) is 3.90. The third-order valence-electron chi connectivity index (χ3n) is 2.60. The van der Waals surface area contributed by atoms with Gasteiger partial charge in [0, 0.05) is 5.69 Å². The van der Waals surface area contributed by atoms with Crippen molar-refractivity contribution >= 4 is 5.82 Å². The normalized spacial score (nSPS) is 12.1. The Hall–Kier alpha value is -2.03. The zero-order chi connectivity index (χ0) is 12.3. The van der Waals surface area contributed by atoms with Crippen LogP contribution in [0.1, 0.15) is 24.3 Å². The largest absolute Gasteiger partial charge is 0.482 e. The van der Waals surface area contributed by atoms with Crippen molar-refractivity contribution in [3.05, 3.63) is 53.7 Å². The van der Waals surface area contributed by atoms with E-state index >= 15 is 0 Å². The number of aryl methyl sites for hydroxylation is 1. The van der Waals surface area contributed by atoms with Crippen molar-refractivity contribution < 1.29 is 4.74 Å². The molecule has 0 radical (unpaired) electrons. The number of pyridine rings is 1. The molecule has 1 aromatic heterocycles. The SMILES string of the molecule is Cc1ccc(OC(C)c2ccccc2)c(N)n1. The monoisotopic (exact) mass is 228 g/mol. The number of ether oxygens (including phenoxy) is 1. The van der Waals surface area contributed by atoms with E-state index in [2.05, 4.69) is 4.98 Å². The maximum atomic E-state index is 5.81. The number of hydrogen-bond donors (Lipinski definition) is 1. The van der Waals surface area contributed by atoms with E-state index in [1.54, 1.807) is 0 Å². The molecule has 1 atom stereocenters. The average Bonchev–Trinajstić information content (AvgIpc) is 2.34. The second-order valence-corrected chi connectivity index (χ2v) is 4.01. The Balaban J connectivity index is 2.16. The molecule has 2 aromatic rings.